The number of para-hydroxylation sites is 1. The molecule has 1 aromatic carbocycles. The van der Waals surface area contributed by atoms with Crippen LogP contribution in [-0.2, 0) is 4.79 Å². The number of likely N-dealkylation sites (tertiary alicyclic amines) is 1. The molecule has 6 nitrogen and oxygen atoms in total. The first kappa shape index (κ1) is 15.2. The minimum absolute atomic E-state index is 0.110. The van der Waals surface area contributed by atoms with Crippen LogP contribution in [0.5, 0.6) is 5.75 Å². The van der Waals surface area contributed by atoms with Crippen molar-refractivity contribution in [2.24, 2.45) is 0 Å². The Labute approximate surface area is 140 Å². The topological polar surface area (TPSA) is 68.5 Å². The Balaban J connectivity index is 1.52. The Kier molecular flexibility index (Phi) is 3.96. The van der Waals surface area contributed by atoms with Gasteiger partial charge < -0.3 is 14.2 Å². The number of rotatable bonds is 2. The highest BCUT2D eigenvalue weighted by Gasteiger charge is 2.34. The highest BCUT2D eigenvalue weighted by molar-refractivity contribution is 5.85. The first-order valence-electron chi connectivity index (χ1n) is 8.53. The van der Waals surface area contributed by atoms with E-state index in [1.165, 1.54) is 0 Å². The van der Waals surface area contributed by atoms with E-state index in [1.54, 1.807) is 6.92 Å². The van der Waals surface area contributed by atoms with E-state index < -0.39 is 0 Å². The maximum absolute atomic E-state index is 13.1. The lowest BCUT2D eigenvalue weighted by atomic mass is 9.90. The Bertz CT molecular complexity index is 743. The minimum atomic E-state index is -0.110. The van der Waals surface area contributed by atoms with Gasteiger partial charge in [-0.3, -0.25) is 4.79 Å². The normalized spacial score (nSPS) is 23.5. The summed E-state index contributed by atoms with van der Waals surface area (Å²) in [5.74, 6) is 2.38. The molecule has 126 valence electrons. The highest BCUT2D eigenvalue weighted by atomic mass is 16.5. The van der Waals surface area contributed by atoms with Crippen LogP contribution in [0.1, 0.15) is 48.4 Å². The highest BCUT2D eigenvalue weighted by Crippen LogP contribution is 2.36. The molecule has 3 heterocycles. The molecule has 1 amide bonds. The number of hydrogen-bond acceptors (Lipinski definition) is 5. The standard InChI is InChI=1S/C18H21N3O3/c1-12-19-17(20-24-12)13-5-4-9-21(11-13)18(22)15-8-10-23-16-7-3-2-6-14(15)16/h2-3,6-7,13,15H,4-5,8-11H2,1H3. The third kappa shape index (κ3) is 2.77. The minimum Gasteiger partial charge on any atom is -0.493 e. The first-order valence-corrected chi connectivity index (χ1v) is 8.53. The molecule has 1 aromatic heterocycles. The second-order valence-corrected chi connectivity index (χ2v) is 6.52. The zero-order valence-corrected chi connectivity index (χ0v) is 13.8. The molecule has 0 spiro atoms. The lowest BCUT2D eigenvalue weighted by Crippen LogP contribution is -2.42. The SMILES string of the molecule is Cc1nc(C2CCCN(C(=O)C3CCOc4ccccc43)C2)no1. The summed E-state index contributed by atoms with van der Waals surface area (Å²) in [5.41, 5.74) is 1.01. The van der Waals surface area contributed by atoms with Gasteiger partial charge in [0.15, 0.2) is 5.82 Å². The Morgan fingerprint density at radius 2 is 2.17 bits per heavy atom. The lowest BCUT2D eigenvalue weighted by Gasteiger charge is -2.35. The number of piperidine rings is 1. The largest absolute Gasteiger partial charge is 0.493 e. The van der Waals surface area contributed by atoms with Crippen molar-refractivity contribution in [3.63, 3.8) is 0 Å². The summed E-state index contributed by atoms with van der Waals surface area (Å²) in [5, 5.41) is 4.04. The molecule has 1 saturated heterocycles. The van der Waals surface area contributed by atoms with Gasteiger partial charge in [0.1, 0.15) is 5.75 Å². The summed E-state index contributed by atoms with van der Waals surface area (Å²) in [7, 11) is 0. The Hall–Kier alpha value is -2.37. The zero-order valence-electron chi connectivity index (χ0n) is 13.8. The van der Waals surface area contributed by atoms with Gasteiger partial charge in [0.05, 0.1) is 12.5 Å². The number of aryl methyl sites for hydroxylation is 1. The van der Waals surface area contributed by atoms with Gasteiger partial charge in [-0.05, 0) is 25.3 Å². The molecule has 0 N–H and O–H groups in total. The third-order valence-electron chi connectivity index (χ3n) is 4.90. The molecule has 1 fully saturated rings. The molecule has 2 aliphatic heterocycles. The van der Waals surface area contributed by atoms with Crippen LogP contribution >= 0.6 is 0 Å². The van der Waals surface area contributed by atoms with Gasteiger partial charge in [0.2, 0.25) is 11.8 Å². The molecule has 2 aliphatic rings. The molecule has 0 saturated carbocycles. The van der Waals surface area contributed by atoms with Crippen LogP contribution in [-0.4, -0.2) is 40.6 Å². The number of carbonyl (C=O) groups excluding carboxylic acids is 1. The van der Waals surface area contributed by atoms with Crippen molar-refractivity contribution in [1.29, 1.82) is 0 Å². The summed E-state index contributed by atoms with van der Waals surface area (Å²) >= 11 is 0. The lowest BCUT2D eigenvalue weighted by molar-refractivity contribution is -0.134. The maximum Gasteiger partial charge on any atom is 0.230 e. The average Bonchev–Trinajstić information content (AvgIpc) is 3.07. The van der Waals surface area contributed by atoms with E-state index in [-0.39, 0.29) is 17.7 Å². The van der Waals surface area contributed by atoms with Crippen LogP contribution < -0.4 is 4.74 Å². The van der Waals surface area contributed by atoms with Crippen LogP contribution in [0.4, 0.5) is 0 Å². The van der Waals surface area contributed by atoms with Crippen LogP contribution in [0.25, 0.3) is 0 Å². The summed E-state index contributed by atoms with van der Waals surface area (Å²) in [6.07, 6.45) is 2.69. The number of hydrogen-bond donors (Lipinski definition) is 0. The van der Waals surface area contributed by atoms with Crippen LogP contribution in [0, 0.1) is 6.92 Å². The Morgan fingerprint density at radius 3 is 3.00 bits per heavy atom. The summed E-state index contributed by atoms with van der Waals surface area (Å²) in [4.78, 5) is 19.4. The summed E-state index contributed by atoms with van der Waals surface area (Å²) < 4.78 is 10.8. The molecule has 2 atom stereocenters. The van der Waals surface area contributed by atoms with Gasteiger partial charge in [-0.1, -0.05) is 23.4 Å². The third-order valence-corrected chi connectivity index (χ3v) is 4.90. The molecule has 2 aromatic rings. The molecule has 24 heavy (non-hydrogen) atoms. The van der Waals surface area contributed by atoms with E-state index >= 15 is 0 Å². The number of carbonyl (C=O) groups is 1. The van der Waals surface area contributed by atoms with E-state index in [0.29, 0.717) is 19.0 Å². The first-order chi connectivity index (χ1) is 11.7. The van der Waals surface area contributed by atoms with Crippen LogP contribution in [0.3, 0.4) is 0 Å². The monoisotopic (exact) mass is 327 g/mol. The fourth-order valence-corrected chi connectivity index (χ4v) is 3.69. The number of ether oxygens (including phenoxy) is 1. The predicted octanol–water partition coefficient (Wildman–Crippen LogP) is 2.65. The fraction of sp³-hybridized carbons (Fsp3) is 0.500. The van der Waals surface area contributed by atoms with Crippen molar-refractivity contribution in [3.8, 4) is 5.75 Å². The maximum atomic E-state index is 13.1. The van der Waals surface area contributed by atoms with E-state index in [0.717, 1.165) is 42.9 Å². The number of aromatic nitrogens is 2. The van der Waals surface area contributed by atoms with Gasteiger partial charge >= 0.3 is 0 Å². The summed E-state index contributed by atoms with van der Waals surface area (Å²) in [6, 6.07) is 7.85. The predicted molar refractivity (Wildman–Crippen MR) is 86.9 cm³/mol. The van der Waals surface area contributed by atoms with E-state index in [4.69, 9.17) is 9.26 Å². The van der Waals surface area contributed by atoms with Gasteiger partial charge in [-0.15, -0.1) is 0 Å². The van der Waals surface area contributed by atoms with Crippen molar-refractivity contribution < 1.29 is 14.1 Å². The van der Waals surface area contributed by atoms with Gasteiger partial charge in [0, 0.05) is 31.5 Å². The molecule has 0 radical (unpaired) electrons. The average molecular weight is 327 g/mol. The van der Waals surface area contributed by atoms with Gasteiger partial charge in [-0.2, -0.15) is 4.98 Å². The van der Waals surface area contributed by atoms with Crippen LogP contribution in [0.15, 0.2) is 28.8 Å². The zero-order chi connectivity index (χ0) is 16.5. The van der Waals surface area contributed by atoms with Crippen molar-refractivity contribution in [3.05, 3.63) is 41.5 Å². The molecule has 2 unspecified atom stereocenters. The molecule has 4 rings (SSSR count). The van der Waals surface area contributed by atoms with E-state index in [2.05, 4.69) is 10.1 Å². The quantitative estimate of drug-likeness (QED) is 0.848. The van der Waals surface area contributed by atoms with Crippen molar-refractivity contribution in [2.75, 3.05) is 19.7 Å². The van der Waals surface area contributed by atoms with Crippen molar-refractivity contribution in [2.45, 2.75) is 38.0 Å². The summed E-state index contributed by atoms with van der Waals surface area (Å²) in [6.45, 7) is 3.85. The molecule has 0 bridgehead atoms. The van der Waals surface area contributed by atoms with E-state index in [1.807, 2.05) is 29.2 Å². The fourth-order valence-electron chi connectivity index (χ4n) is 3.69. The van der Waals surface area contributed by atoms with Crippen molar-refractivity contribution >= 4 is 5.91 Å². The molecule has 6 heteroatoms. The number of nitrogens with zero attached hydrogens (tertiary/aromatic N) is 3. The second kappa shape index (κ2) is 6.26. The number of amides is 1. The number of fused-ring (bicyclic) bond motifs is 1. The molecular formula is C18H21N3O3. The van der Waals surface area contributed by atoms with Crippen molar-refractivity contribution in [1.82, 2.24) is 15.0 Å². The molecule has 0 aliphatic carbocycles. The van der Waals surface area contributed by atoms with E-state index in [9.17, 15) is 4.79 Å². The molecular weight excluding hydrogens is 306 g/mol. The second-order valence-electron chi connectivity index (χ2n) is 6.52. The van der Waals surface area contributed by atoms with Gasteiger partial charge in [-0.25, -0.2) is 0 Å². The Morgan fingerprint density at radius 1 is 1.29 bits per heavy atom. The van der Waals surface area contributed by atoms with Gasteiger partial charge in [0.25, 0.3) is 0 Å². The van der Waals surface area contributed by atoms with Crippen LogP contribution in [0.2, 0.25) is 0 Å². The smallest absolute Gasteiger partial charge is 0.230 e. The number of benzene rings is 1.